The summed E-state index contributed by atoms with van der Waals surface area (Å²) in [6.45, 7) is 1.77. The van der Waals surface area contributed by atoms with Crippen molar-refractivity contribution in [3.63, 3.8) is 0 Å². The normalized spacial score (nSPS) is 24.0. The Kier molecular flexibility index (Phi) is 1.89. The van der Waals surface area contributed by atoms with Crippen molar-refractivity contribution in [2.75, 3.05) is 13.2 Å². The largest absolute Gasteiger partial charge is 0.336 e. The van der Waals surface area contributed by atoms with Crippen LogP contribution in [0.15, 0.2) is 0 Å². The molecule has 0 atom stereocenters. The number of rotatable bonds is 0. The van der Waals surface area contributed by atoms with Gasteiger partial charge in [-0.05, 0) is 6.42 Å². The third kappa shape index (κ3) is 1.21. The average Bonchev–Trinajstić information content (AvgIpc) is 1.72. The average molecular weight is 106 g/mol. The van der Waals surface area contributed by atoms with Gasteiger partial charge in [-0.1, -0.05) is 0 Å². The van der Waals surface area contributed by atoms with Crippen LogP contribution >= 0.6 is 9.03 Å². The predicted molar refractivity (Wildman–Crippen MR) is 24.8 cm³/mol. The van der Waals surface area contributed by atoms with Gasteiger partial charge in [0.2, 0.25) is 0 Å². The van der Waals surface area contributed by atoms with Gasteiger partial charge in [0.15, 0.2) is 9.03 Å². The maximum absolute atomic E-state index is 4.88. The fraction of sp³-hybridized carbons (Fsp3) is 1.00. The molecule has 0 N–H and O–H groups in total. The highest BCUT2D eigenvalue weighted by Gasteiger charge is 1.95. The monoisotopic (exact) mass is 106 g/mol. The van der Waals surface area contributed by atoms with Crippen molar-refractivity contribution in [3.05, 3.63) is 0 Å². The summed E-state index contributed by atoms with van der Waals surface area (Å²) in [5, 5.41) is 0. The van der Waals surface area contributed by atoms with Crippen molar-refractivity contribution < 1.29 is 9.05 Å². The van der Waals surface area contributed by atoms with E-state index in [2.05, 4.69) is 0 Å². The predicted octanol–water partition coefficient (Wildman–Crippen LogP) is 0.932. The Labute approximate surface area is 38.8 Å². The number of hydrogen-bond acceptors (Lipinski definition) is 2. The molecule has 0 aliphatic carbocycles. The molecule has 0 aromatic carbocycles. The second-order valence-corrected chi connectivity index (χ2v) is 1.88. The van der Waals surface area contributed by atoms with E-state index in [1.54, 1.807) is 0 Å². The maximum Gasteiger partial charge on any atom is 0.155 e. The molecule has 0 aromatic rings. The zero-order chi connectivity index (χ0) is 4.24. The topological polar surface area (TPSA) is 18.5 Å². The molecule has 0 aromatic heterocycles. The van der Waals surface area contributed by atoms with Crippen LogP contribution in [0.2, 0.25) is 0 Å². The van der Waals surface area contributed by atoms with E-state index in [0.717, 1.165) is 19.6 Å². The molecule has 0 amide bonds. The van der Waals surface area contributed by atoms with Crippen LogP contribution in [0.1, 0.15) is 6.42 Å². The Bertz CT molecular complexity index is 24.3. The highest BCUT2D eigenvalue weighted by molar-refractivity contribution is 7.26. The van der Waals surface area contributed by atoms with Gasteiger partial charge in [0.05, 0.1) is 13.2 Å². The van der Waals surface area contributed by atoms with Crippen LogP contribution in [-0.2, 0) is 9.05 Å². The Morgan fingerprint density at radius 1 is 1.17 bits per heavy atom. The van der Waals surface area contributed by atoms with Gasteiger partial charge in [-0.3, -0.25) is 0 Å². The second-order valence-electron chi connectivity index (χ2n) is 1.13. The van der Waals surface area contributed by atoms with Crippen LogP contribution in [0.25, 0.3) is 0 Å². The molecule has 0 radical (unpaired) electrons. The Hall–Kier alpha value is 0.350. The van der Waals surface area contributed by atoms with Gasteiger partial charge in [0.1, 0.15) is 0 Å². The van der Waals surface area contributed by atoms with Crippen LogP contribution in [0, 0.1) is 0 Å². The first-order valence-corrected chi connectivity index (χ1v) is 2.80. The molecule has 0 bridgehead atoms. The Balaban J connectivity index is 2.00. The summed E-state index contributed by atoms with van der Waals surface area (Å²) in [5.74, 6) is 0. The van der Waals surface area contributed by atoms with E-state index in [1.807, 2.05) is 0 Å². The van der Waals surface area contributed by atoms with Crippen LogP contribution in [0.4, 0.5) is 0 Å². The van der Waals surface area contributed by atoms with Crippen molar-refractivity contribution in [1.29, 1.82) is 0 Å². The summed E-state index contributed by atoms with van der Waals surface area (Å²) in [7, 11) is 0.302. The van der Waals surface area contributed by atoms with E-state index in [-0.39, 0.29) is 0 Å². The smallest absolute Gasteiger partial charge is 0.155 e. The van der Waals surface area contributed by atoms with E-state index in [1.165, 1.54) is 0 Å². The van der Waals surface area contributed by atoms with Crippen molar-refractivity contribution in [2.45, 2.75) is 6.42 Å². The summed E-state index contributed by atoms with van der Waals surface area (Å²) in [6.07, 6.45) is 1.06. The van der Waals surface area contributed by atoms with Crippen LogP contribution in [0.3, 0.4) is 0 Å². The van der Waals surface area contributed by atoms with Crippen molar-refractivity contribution >= 4 is 9.03 Å². The molecule has 0 saturated carbocycles. The van der Waals surface area contributed by atoms with Crippen LogP contribution in [-0.4, -0.2) is 13.2 Å². The fourth-order valence-electron chi connectivity index (χ4n) is 0.328. The zero-order valence-electron chi connectivity index (χ0n) is 3.44. The highest BCUT2D eigenvalue weighted by atomic mass is 31.1. The molecule has 3 heteroatoms. The lowest BCUT2D eigenvalue weighted by Gasteiger charge is -2.08. The molecular formula is C3H7O2P. The molecule has 0 spiro atoms. The first kappa shape index (κ1) is 4.51. The lowest BCUT2D eigenvalue weighted by molar-refractivity contribution is 0.197. The minimum absolute atomic E-state index is 0.302. The number of hydrogen-bond donors (Lipinski definition) is 0. The van der Waals surface area contributed by atoms with Gasteiger partial charge in [0, 0.05) is 0 Å². The Morgan fingerprint density at radius 2 is 1.83 bits per heavy atom. The minimum atomic E-state index is 0.302. The summed E-state index contributed by atoms with van der Waals surface area (Å²) in [5.41, 5.74) is 0. The lowest BCUT2D eigenvalue weighted by Crippen LogP contribution is -1.98. The van der Waals surface area contributed by atoms with Gasteiger partial charge in [0.25, 0.3) is 0 Å². The van der Waals surface area contributed by atoms with E-state index in [0.29, 0.717) is 9.03 Å². The molecule has 1 fully saturated rings. The fourth-order valence-corrected chi connectivity index (χ4v) is 0.867. The van der Waals surface area contributed by atoms with Crippen molar-refractivity contribution in [1.82, 2.24) is 0 Å². The minimum Gasteiger partial charge on any atom is -0.336 e. The van der Waals surface area contributed by atoms with Crippen LogP contribution < -0.4 is 0 Å². The molecular weight excluding hydrogens is 99.0 g/mol. The van der Waals surface area contributed by atoms with Gasteiger partial charge in [-0.25, -0.2) is 0 Å². The van der Waals surface area contributed by atoms with Gasteiger partial charge in [-0.2, -0.15) is 0 Å². The standard InChI is InChI=1S/C3H7O2P/c1-2-4-6-5-3-1/h6H,1-3H2. The first-order chi connectivity index (χ1) is 3.00. The second kappa shape index (κ2) is 2.51. The quantitative estimate of drug-likeness (QED) is 0.428. The third-order valence-corrected chi connectivity index (χ3v) is 1.25. The molecule has 1 aliphatic heterocycles. The molecule has 2 nitrogen and oxygen atoms in total. The van der Waals surface area contributed by atoms with Gasteiger partial charge in [-0.15, -0.1) is 0 Å². The molecule has 0 unspecified atom stereocenters. The van der Waals surface area contributed by atoms with Crippen molar-refractivity contribution in [2.24, 2.45) is 0 Å². The van der Waals surface area contributed by atoms with Crippen LogP contribution in [0.5, 0.6) is 0 Å². The molecule has 1 rings (SSSR count). The van der Waals surface area contributed by atoms with E-state index in [4.69, 9.17) is 9.05 Å². The van der Waals surface area contributed by atoms with E-state index < -0.39 is 0 Å². The Morgan fingerprint density at radius 3 is 2.00 bits per heavy atom. The molecule has 36 valence electrons. The summed E-state index contributed by atoms with van der Waals surface area (Å²) < 4.78 is 9.75. The first-order valence-electron chi connectivity index (χ1n) is 1.99. The van der Waals surface area contributed by atoms with E-state index in [9.17, 15) is 0 Å². The lowest BCUT2D eigenvalue weighted by atomic mass is 10.5. The van der Waals surface area contributed by atoms with Gasteiger partial charge >= 0.3 is 0 Å². The molecule has 1 heterocycles. The van der Waals surface area contributed by atoms with Gasteiger partial charge < -0.3 is 9.05 Å². The highest BCUT2D eigenvalue weighted by Crippen LogP contribution is 2.18. The third-order valence-electron chi connectivity index (χ3n) is 0.611. The molecule has 1 aliphatic rings. The maximum atomic E-state index is 4.88. The van der Waals surface area contributed by atoms with Crippen molar-refractivity contribution in [3.8, 4) is 0 Å². The van der Waals surface area contributed by atoms with E-state index >= 15 is 0 Å². The molecule has 1 saturated heterocycles. The molecule has 6 heavy (non-hydrogen) atoms. The summed E-state index contributed by atoms with van der Waals surface area (Å²) in [6, 6.07) is 0. The summed E-state index contributed by atoms with van der Waals surface area (Å²) >= 11 is 0. The summed E-state index contributed by atoms with van der Waals surface area (Å²) in [4.78, 5) is 0. The SMILES string of the molecule is C1COPOC1. The zero-order valence-corrected chi connectivity index (χ0v) is 4.44.